The molecular formula is C15H22BrN. The van der Waals surface area contributed by atoms with Gasteiger partial charge < -0.3 is 5.32 Å². The van der Waals surface area contributed by atoms with Gasteiger partial charge in [0.25, 0.3) is 0 Å². The molecule has 0 aromatic heterocycles. The number of hydrogen-bond donors (Lipinski definition) is 1. The number of hydrogen-bond acceptors (Lipinski definition) is 1. The Morgan fingerprint density at radius 3 is 2.53 bits per heavy atom. The predicted octanol–water partition coefficient (Wildman–Crippen LogP) is 4.16. The molecule has 0 heterocycles. The van der Waals surface area contributed by atoms with Gasteiger partial charge in [0.1, 0.15) is 0 Å². The number of halogens is 1. The van der Waals surface area contributed by atoms with Gasteiger partial charge >= 0.3 is 0 Å². The fraction of sp³-hybridized carbons (Fsp3) is 0.600. The predicted molar refractivity (Wildman–Crippen MR) is 77.3 cm³/mol. The smallest absolute Gasteiger partial charge is 0.0207 e. The SMILES string of the molecule is CNC(Cc1ccccc1Br)C1(C)CCCC1. The normalized spacial score (nSPS) is 20.4. The molecule has 1 fully saturated rings. The van der Waals surface area contributed by atoms with Crippen LogP contribution in [-0.2, 0) is 6.42 Å². The minimum absolute atomic E-state index is 0.476. The lowest BCUT2D eigenvalue weighted by Gasteiger charge is -2.34. The van der Waals surface area contributed by atoms with Gasteiger partial charge in [-0.1, -0.05) is 53.9 Å². The lowest BCUT2D eigenvalue weighted by atomic mass is 9.78. The van der Waals surface area contributed by atoms with E-state index in [0.717, 1.165) is 6.42 Å². The van der Waals surface area contributed by atoms with Crippen molar-refractivity contribution >= 4 is 15.9 Å². The van der Waals surface area contributed by atoms with Gasteiger partial charge in [0.15, 0.2) is 0 Å². The summed E-state index contributed by atoms with van der Waals surface area (Å²) < 4.78 is 1.24. The molecule has 2 rings (SSSR count). The summed E-state index contributed by atoms with van der Waals surface area (Å²) in [5.74, 6) is 0. The summed E-state index contributed by atoms with van der Waals surface area (Å²) in [7, 11) is 2.10. The number of likely N-dealkylation sites (N-methyl/N-ethyl adjacent to an activating group) is 1. The zero-order valence-corrected chi connectivity index (χ0v) is 12.4. The molecule has 1 aromatic carbocycles. The van der Waals surface area contributed by atoms with Gasteiger partial charge in [-0.15, -0.1) is 0 Å². The minimum Gasteiger partial charge on any atom is -0.316 e. The van der Waals surface area contributed by atoms with E-state index in [1.807, 2.05) is 0 Å². The highest BCUT2D eigenvalue weighted by molar-refractivity contribution is 9.10. The lowest BCUT2D eigenvalue weighted by molar-refractivity contribution is 0.229. The van der Waals surface area contributed by atoms with Gasteiger partial charge in [0, 0.05) is 10.5 Å². The first kappa shape index (κ1) is 13.1. The molecule has 1 aliphatic rings. The number of rotatable bonds is 4. The van der Waals surface area contributed by atoms with Crippen LogP contribution < -0.4 is 5.32 Å². The Morgan fingerprint density at radius 2 is 1.94 bits per heavy atom. The summed E-state index contributed by atoms with van der Waals surface area (Å²) >= 11 is 3.65. The van der Waals surface area contributed by atoms with Gasteiger partial charge in [0.2, 0.25) is 0 Å². The number of nitrogens with one attached hydrogen (secondary N) is 1. The molecule has 94 valence electrons. The Labute approximate surface area is 113 Å². The van der Waals surface area contributed by atoms with Crippen LogP contribution in [-0.4, -0.2) is 13.1 Å². The molecule has 0 bridgehead atoms. The van der Waals surface area contributed by atoms with Crippen molar-refractivity contribution in [1.29, 1.82) is 0 Å². The highest BCUT2D eigenvalue weighted by Gasteiger charge is 2.36. The van der Waals surface area contributed by atoms with Gasteiger partial charge in [0.05, 0.1) is 0 Å². The van der Waals surface area contributed by atoms with Crippen LogP contribution in [0.1, 0.15) is 38.2 Å². The molecule has 1 N–H and O–H groups in total. The topological polar surface area (TPSA) is 12.0 Å². The second-order valence-corrected chi connectivity index (χ2v) is 6.35. The van der Waals surface area contributed by atoms with Crippen molar-refractivity contribution in [2.24, 2.45) is 5.41 Å². The van der Waals surface area contributed by atoms with Crippen molar-refractivity contribution in [2.75, 3.05) is 7.05 Å². The number of benzene rings is 1. The van der Waals surface area contributed by atoms with Crippen molar-refractivity contribution in [3.8, 4) is 0 Å². The first-order valence-electron chi connectivity index (χ1n) is 6.56. The van der Waals surface area contributed by atoms with Gasteiger partial charge in [-0.3, -0.25) is 0 Å². The molecule has 1 nitrogen and oxygen atoms in total. The Hall–Kier alpha value is -0.340. The summed E-state index contributed by atoms with van der Waals surface area (Å²) in [6.45, 7) is 2.44. The molecule has 0 spiro atoms. The average molecular weight is 296 g/mol. The molecular weight excluding hydrogens is 274 g/mol. The van der Waals surface area contributed by atoms with Crippen molar-refractivity contribution in [3.05, 3.63) is 34.3 Å². The molecule has 1 aliphatic carbocycles. The molecule has 2 heteroatoms. The van der Waals surface area contributed by atoms with E-state index in [1.165, 1.54) is 35.7 Å². The standard InChI is InChI=1S/C15H22BrN/c1-15(9-5-6-10-15)14(17-2)11-12-7-3-4-8-13(12)16/h3-4,7-8,14,17H,5-6,9-11H2,1-2H3. The zero-order chi connectivity index (χ0) is 12.3. The minimum atomic E-state index is 0.476. The van der Waals surface area contributed by atoms with Crippen LogP contribution in [0.4, 0.5) is 0 Å². The molecule has 1 unspecified atom stereocenters. The summed E-state index contributed by atoms with van der Waals surface area (Å²) in [6, 6.07) is 9.16. The molecule has 1 saturated carbocycles. The van der Waals surface area contributed by atoms with Crippen LogP contribution in [0.15, 0.2) is 28.7 Å². The summed E-state index contributed by atoms with van der Waals surface area (Å²) in [6.07, 6.45) is 6.63. The second-order valence-electron chi connectivity index (χ2n) is 5.50. The molecule has 0 saturated heterocycles. The first-order valence-corrected chi connectivity index (χ1v) is 7.36. The van der Waals surface area contributed by atoms with Crippen LogP contribution in [0, 0.1) is 5.41 Å². The second kappa shape index (κ2) is 5.53. The van der Waals surface area contributed by atoms with E-state index < -0.39 is 0 Å². The third-order valence-corrected chi connectivity index (χ3v) is 5.09. The van der Waals surface area contributed by atoms with Crippen LogP contribution >= 0.6 is 15.9 Å². The summed E-state index contributed by atoms with van der Waals surface area (Å²) in [5.41, 5.74) is 1.89. The maximum Gasteiger partial charge on any atom is 0.0207 e. The van der Waals surface area contributed by atoms with Crippen LogP contribution in [0.2, 0.25) is 0 Å². The van der Waals surface area contributed by atoms with Gasteiger partial charge in [-0.2, -0.15) is 0 Å². The Balaban J connectivity index is 2.12. The van der Waals surface area contributed by atoms with Gasteiger partial charge in [-0.05, 0) is 43.4 Å². The highest BCUT2D eigenvalue weighted by atomic mass is 79.9. The van der Waals surface area contributed by atoms with Gasteiger partial charge in [-0.25, -0.2) is 0 Å². The third kappa shape index (κ3) is 2.92. The molecule has 1 atom stereocenters. The van der Waals surface area contributed by atoms with Crippen LogP contribution in [0.25, 0.3) is 0 Å². The van der Waals surface area contributed by atoms with E-state index in [-0.39, 0.29) is 0 Å². The largest absolute Gasteiger partial charge is 0.316 e. The van der Waals surface area contributed by atoms with E-state index in [1.54, 1.807) is 0 Å². The van der Waals surface area contributed by atoms with Crippen LogP contribution in [0.5, 0.6) is 0 Å². The van der Waals surface area contributed by atoms with Crippen molar-refractivity contribution in [3.63, 3.8) is 0 Å². The Bertz CT molecular complexity index is 369. The van der Waals surface area contributed by atoms with E-state index in [2.05, 4.69) is 59.5 Å². The maximum absolute atomic E-state index is 3.65. The van der Waals surface area contributed by atoms with E-state index in [4.69, 9.17) is 0 Å². The molecule has 0 aliphatic heterocycles. The van der Waals surface area contributed by atoms with E-state index in [9.17, 15) is 0 Å². The first-order chi connectivity index (χ1) is 8.15. The highest BCUT2D eigenvalue weighted by Crippen LogP contribution is 2.41. The quantitative estimate of drug-likeness (QED) is 0.879. The molecule has 1 aromatic rings. The summed E-state index contributed by atoms with van der Waals surface area (Å²) in [5, 5.41) is 3.54. The van der Waals surface area contributed by atoms with Crippen molar-refractivity contribution < 1.29 is 0 Å². The summed E-state index contributed by atoms with van der Waals surface area (Å²) in [4.78, 5) is 0. The molecule has 0 amide bonds. The third-order valence-electron chi connectivity index (χ3n) is 4.32. The van der Waals surface area contributed by atoms with E-state index >= 15 is 0 Å². The lowest BCUT2D eigenvalue weighted by Crippen LogP contribution is -2.41. The Kier molecular flexibility index (Phi) is 4.26. The average Bonchev–Trinajstić information content (AvgIpc) is 2.76. The fourth-order valence-electron chi connectivity index (χ4n) is 3.11. The zero-order valence-electron chi connectivity index (χ0n) is 10.8. The van der Waals surface area contributed by atoms with Crippen molar-refractivity contribution in [2.45, 2.75) is 45.1 Å². The molecule has 0 radical (unpaired) electrons. The molecule has 17 heavy (non-hydrogen) atoms. The van der Waals surface area contributed by atoms with Crippen LogP contribution in [0.3, 0.4) is 0 Å². The van der Waals surface area contributed by atoms with E-state index in [0.29, 0.717) is 11.5 Å². The maximum atomic E-state index is 3.65. The Morgan fingerprint density at radius 1 is 1.29 bits per heavy atom. The fourth-order valence-corrected chi connectivity index (χ4v) is 3.56. The van der Waals surface area contributed by atoms with Crippen molar-refractivity contribution in [1.82, 2.24) is 5.32 Å². The monoisotopic (exact) mass is 295 g/mol.